The van der Waals surface area contributed by atoms with Crippen molar-refractivity contribution in [2.24, 2.45) is 5.41 Å². The number of likely N-dealkylation sites (tertiary alicyclic amines) is 1. The molecule has 0 saturated carbocycles. The first-order valence-corrected chi connectivity index (χ1v) is 12.6. The molecule has 1 heterocycles. The fourth-order valence-corrected chi connectivity index (χ4v) is 5.37. The summed E-state index contributed by atoms with van der Waals surface area (Å²) in [6.45, 7) is 9.47. The lowest BCUT2D eigenvalue weighted by atomic mass is 9.80. The molecule has 0 bridgehead atoms. The maximum absolute atomic E-state index is 13.2. The summed E-state index contributed by atoms with van der Waals surface area (Å²) in [6.07, 6.45) is -0.145. The van der Waals surface area contributed by atoms with Crippen molar-refractivity contribution in [1.29, 1.82) is 0 Å². The number of rotatable bonds is 7. The number of hydrogen-bond acceptors (Lipinski definition) is 7. The van der Waals surface area contributed by atoms with Crippen molar-refractivity contribution >= 4 is 21.9 Å². The van der Waals surface area contributed by atoms with Crippen LogP contribution in [0.1, 0.15) is 47.5 Å². The third kappa shape index (κ3) is 7.39. The first-order valence-electron chi connectivity index (χ1n) is 10.9. The zero-order valence-electron chi connectivity index (χ0n) is 20.0. The van der Waals surface area contributed by atoms with Gasteiger partial charge in [0.25, 0.3) is 0 Å². The smallest absolute Gasteiger partial charge is 0.410 e. The van der Waals surface area contributed by atoms with Crippen LogP contribution in [-0.2, 0) is 24.1 Å². The largest absolute Gasteiger partial charge is 0.481 e. The van der Waals surface area contributed by atoms with Gasteiger partial charge in [0.15, 0.2) is 9.84 Å². The number of ether oxygens (including phenoxy) is 3. The van der Waals surface area contributed by atoms with Crippen molar-refractivity contribution in [1.82, 2.24) is 4.90 Å². The van der Waals surface area contributed by atoms with Gasteiger partial charge in [0, 0.05) is 13.1 Å². The van der Waals surface area contributed by atoms with E-state index in [4.69, 9.17) is 14.2 Å². The van der Waals surface area contributed by atoms with E-state index in [1.807, 2.05) is 0 Å². The van der Waals surface area contributed by atoms with Crippen molar-refractivity contribution in [3.05, 3.63) is 24.3 Å². The van der Waals surface area contributed by atoms with Crippen molar-refractivity contribution in [3.63, 3.8) is 0 Å². The molecule has 1 fully saturated rings. The van der Waals surface area contributed by atoms with Crippen molar-refractivity contribution in [3.8, 4) is 17.6 Å². The number of amides is 1. The first-order chi connectivity index (χ1) is 15.4. The third-order valence-corrected chi connectivity index (χ3v) is 7.14. The average molecular weight is 480 g/mol. The third-order valence-electron chi connectivity index (χ3n) is 5.22. The molecule has 1 aromatic rings. The van der Waals surface area contributed by atoms with E-state index in [0.29, 0.717) is 5.75 Å². The van der Waals surface area contributed by atoms with Gasteiger partial charge in [-0.1, -0.05) is 5.92 Å². The van der Waals surface area contributed by atoms with Crippen LogP contribution in [0.4, 0.5) is 4.79 Å². The number of benzene rings is 1. The number of nitrogens with zero attached hydrogens (tertiary/aromatic N) is 1. The molecular formula is C24H33NO7S. The molecule has 33 heavy (non-hydrogen) atoms. The summed E-state index contributed by atoms with van der Waals surface area (Å²) in [5.41, 5.74) is -1.88. The van der Waals surface area contributed by atoms with E-state index >= 15 is 0 Å². The van der Waals surface area contributed by atoms with Crippen LogP contribution in [0.15, 0.2) is 29.2 Å². The molecule has 0 radical (unpaired) electrons. The Morgan fingerprint density at radius 3 is 2.24 bits per heavy atom. The highest BCUT2D eigenvalue weighted by molar-refractivity contribution is 7.91. The van der Waals surface area contributed by atoms with Crippen LogP contribution in [0.3, 0.4) is 0 Å². The molecule has 0 spiro atoms. The van der Waals surface area contributed by atoms with Crippen LogP contribution in [0, 0.1) is 17.3 Å². The Labute approximate surface area is 196 Å². The molecule has 182 valence electrons. The van der Waals surface area contributed by atoms with E-state index in [-0.39, 0.29) is 44.0 Å². The summed E-state index contributed by atoms with van der Waals surface area (Å²) in [4.78, 5) is 26.9. The molecule has 1 aromatic carbocycles. The van der Waals surface area contributed by atoms with Crippen molar-refractivity contribution < 1.29 is 32.2 Å². The number of carbonyl (C=O) groups excluding carboxylic acids is 2. The van der Waals surface area contributed by atoms with E-state index in [0.717, 1.165) is 0 Å². The standard InChI is InChI=1S/C24H33NO7S/c1-6-8-17-31-19-9-11-20(12-10-19)33(28,29)18-24(21(26)30-7-2)13-15-25(16-14-24)22(27)32-23(3,4)5/h9-12H,7,13-18H2,1-5H3. The second-order valence-electron chi connectivity index (χ2n) is 8.91. The summed E-state index contributed by atoms with van der Waals surface area (Å²) in [5.74, 6) is 5.03. The molecule has 0 aliphatic carbocycles. The molecule has 0 unspecified atom stereocenters. The first kappa shape index (κ1) is 26.5. The highest BCUT2D eigenvalue weighted by Gasteiger charge is 2.47. The molecule has 0 N–H and O–H groups in total. The quantitative estimate of drug-likeness (QED) is 0.436. The van der Waals surface area contributed by atoms with Crippen LogP contribution in [-0.4, -0.2) is 63.0 Å². The van der Waals surface area contributed by atoms with Gasteiger partial charge < -0.3 is 19.1 Å². The van der Waals surface area contributed by atoms with E-state index in [2.05, 4.69) is 11.8 Å². The zero-order chi connectivity index (χ0) is 24.7. The minimum absolute atomic E-state index is 0.0923. The van der Waals surface area contributed by atoms with Gasteiger partial charge in [0.2, 0.25) is 0 Å². The monoisotopic (exact) mass is 479 g/mol. The minimum atomic E-state index is -3.81. The number of esters is 1. The maximum Gasteiger partial charge on any atom is 0.410 e. The minimum Gasteiger partial charge on any atom is -0.481 e. The highest BCUT2D eigenvalue weighted by Crippen LogP contribution is 2.37. The van der Waals surface area contributed by atoms with E-state index in [1.54, 1.807) is 46.8 Å². The van der Waals surface area contributed by atoms with Crippen LogP contribution in [0.5, 0.6) is 5.75 Å². The van der Waals surface area contributed by atoms with E-state index < -0.39 is 38.7 Å². The van der Waals surface area contributed by atoms with Crippen LogP contribution < -0.4 is 4.74 Å². The predicted octanol–water partition coefficient (Wildman–Crippen LogP) is 3.44. The zero-order valence-corrected chi connectivity index (χ0v) is 20.8. The lowest BCUT2D eigenvalue weighted by Crippen LogP contribution is -2.51. The van der Waals surface area contributed by atoms with Gasteiger partial charge in [-0.15, -0.1) is 5.92 Å². The molecule has 2 rings (SSSR count). The van der Waals surface area contributed by atoms with Gasteiger partial charge in [-0.05, 0) is 71.7 Å². The Hall–Kier alpha value is -2.73. The Kier molecular flexibility index (Phi) is 8.78. The van der Waals surface area contributed by atoms with Gasteiger partial charge in [0.1, 0.15) is 18.0 Å². The van der Waals surface area contributed by atoms with Gasteiger partial charge in [-0.2, -0.15) is 0 Å². The summed E-state index contributed by atoms with van der Waals surface area (Å²) >= 11 is 0. The fraction of sp³-hybridized carbons (Fsp3) is 0.583. The summed E-state index contributed by atoms with van der Waals surface area (Å²) in [6, 6.07) is 6.04. The van der Waals surface area contributed by atoms with Gasteiger partial charge in [0.05, 0.1) is 22.7 Å². The van der Waals surface area contributed by atoms with Crippen LogP contribution >= 0.6 is 0 Å². The summed E-state index contributed by atoms with van der Waals surface area (Å²) < 4.78 is 42.5. The molecule has 1 aliphatic rings. The lowest BCUT2D eigenvalue weighted by molar-refractivity contribution is -0.156. The number of sulfone groups is 1. The second-order valence-corrected chi connectivity index (χ2v) is 10.9. The topological polar surface area (TPSA) is 99.2 Å². The van der Waals surface area contributed by atoms with Crippen LogP contribution in [0.2, 0.25) is 0 Å². The maximum atomic E-state index is 13.2. The number of carbonyl (C=O) groups is 2. The molecule has 1 amide bonds. The Balaban J connectivity index is 2.18. The summed E-state index contributed by atoms with van der Waals surface area (Å²) in [5, 5.41) is 0. The molecule has 8 nitrogen and oxygen atoms in total. The molecule has 1 saturated heterocycles. The van der Waals surface area contributed by atoms with Crippen molar-refractivity contribution in [2.75, 3.05) is 32.1 Å². The Bertz CT molecular complexity index is 990. The normalized spacial score (nSPS) is 15.7. The van der Waals surface area contributed by atoms with Gasteiger partial charge in [-0.25, -0.2) is 13.2 Å². The number of piperidine rings is 1. The molecule has 0 atom stereocenters. The van der Waals surface area contributed by atoms with Crippen molar-refractivity contribution in [2.45, 2.75) is 58.0 Å². The highest BCUT2D eigenvalue weighted by atomic mass is 32.2. The predicted molar refractivity (Wildman–Crippen MR) is 124 cm³/mol. The Morgan fingerprint density at radius 2 is 1.73 bits per heavy atom. The van der Waals surface area contributed by atoms with Gasteiger partial charge in [-0.3, -0.25) is 4.79 Å². The number of hydrogen-bond donors (Lipinski definition) is 0. The van der Waals surface area contributed by atoms with Crippen LogP contribution in [0.25, 0.3) is 0 Å². The average Bonchev–Trinajstić information content (AvgIpc) is 2.73. The lowest BCUT2D eigenvalue weighted by Gasteiger charge is -2.39. The van der Waals surface area contributed by atoms with E-state index in [9.17, 15) is 18.0 Å². The Morgan fingerprint density at radius 1 is 1.12 bits per heavy atom. The second kappa shape index (κ2) is 10.9. The summed E-state index contributed by atoms with van der Waals surface area (Å²) in [7, 11) is -3.81. The molecule has 9 heteroatoms. The fourth-order valence-electron chi connectivity index (χ4n) is 3.52. The molecular weight excluding hydrogens is 446 g/mol. The molecule has 0 aromatic heterocycles. The van der Waals surface area contributed by atoms with E-state index in [1.165, 1.54) is 17.0 Å². The SMILES string of the molecule is CC#CCOc1ccc(S(=O)(=O)CC2(C(=O)OCC)CCN(C(=O)OC(C)(C)C)CC2)cc1. The molecule has 1 aliphatic heterocycles. The van der Waals surface area contributed by atoms with Gasteiger partial charge >= 0.3 is 12.1 Å².